The lowest BCUT2D eigenvalue weighted by molar-refractivity contribution is 0.294. The number of thioether (sulfide) groups is 1. The normalized spacial score (nSPS) is 12.1. The van der Waals surface area contributed by atoms with Gasteiger partial charge >= 0.3 is 6.01 Å². The Morgan fingerprint density at radius 3 is 2.84 bits per heavy atom. The number of ether oxygens (including phenoxy) is 1. The Kier molecular flexibility index (Phi) is 6.69. The highest BCUT2D eigenvalue weighted by Crippen LogP contribution is 2.31. The van der Waals surface area contributed by atoms with Crippen LogP contribution in [0.2, 0.25) is 0 Å². The fraction of sp³-hybridized carbons (Fsp3) is 0.273. The van der Waals surface area contributed by atoms with Gasteiger partial charge in [0.05, 0.1) is 17.9 Å². The lowest BCUT2D eigenvalue weighted by atomic mass is 10.1. The van der Waals surface area contributed by atoms with E-state index in [-0.39, 0.29) is 17.9 Å². The van der Waals surface area contributed by atoms with Crippen LogP contribution in [0.4, 0.5) is 16.0 Å². The molecule has 32 heavy (non-hydrogen) atoms. The first-order chi connectivity index (χ1) is 15.5. The summed E-state index contributed by atoms with van der Waals surface area (Å²) >= 11 is 1.76. The molecule has 3 aromatic heterocycles. The Morgan fingerprint density at radius 1 is 1.25 bits per heavy atom. The third-order valence-electron chi connectivity index (χ3n) is 4.84. The van der Waals surface area contributed by atoms with Crippen LogP contribution >= 0.6 is 11.8 Å². The first kappa shape index (κ1) is 21.8. The lowest BCUT2D eigenvalue weighted by Crippen LogP contribution is -2.10. The standard InChI is InChI=1S/C22H24FN7OS/c1-14(15-5-7-16(23)8-6-15)26-18-13-17(27-22(28-18)31-11-4-12-32-2)19-20(24)29-30-10-3-9-25-21(19)30/h3,5-10,13-14H,4,11-12H2,1-2H3,(H2,24,29)(H,26,27,28)/t14-/m0/s1. The molecule has 0 radical (unpaired) electrons. The smallest absolute Gasteiger partial charge is 0.318 e. The van der Waals surface area contributed by atoms with Gasteiger partial charge in [0.2, 0.25) is 0 Å². The van der Waals surface area contributed by atoms with Crippen molar-refractivity contribution in [3.8, 4) is 17.3 Å². The van der Waals surface area contributed by atoms with Crippen molar-refractivity contribution in [1.29, 1.82) is 0 Å². The minimum atomic E-state index is -0.276. The second-order valence-corrected chi connectivity index (χ2v) is 8.17. The SMILES string of the molecule is CSCCCOc1nc(N[C@@H](C)c2ccc(F)cc2)cc(-c2c(N)nn3cccnc23)n1. The van der Waals surface area contributed by atoms with Crippen LogP contribution in [0.25, 0.3) is 16.9 Å². The maximum absolute atomic E-state index is 13.3. The highest BCUT2D eigenvalue weighted by Gasteiger charge is 2.18. The van der Waals surface area contributed by atoms with Gasteiger partial charge in [0.25, 0.3) is 0 Å². The molecule has 4 aromatic rings. The number of nitrogens with zero attached hydrogens (tertiary/aromatic N) is 5. The van der Waals surface area contributed by atoms with Gasteiger partial charge in [0.15, 0.2) is 11.5 Å². The average Bonchev–Trinajstić information content (AvgIpc) is 3.12. The van der Waals surface area contributed by atoms with Gasteiger partial charge < -0.3 is 15.8 Å². The Hall–Kier alpha value is -3.40. The maximum atomic E-state index is 13.3. The number of nitrogens with one attached hydrogen (secondary N) is 1. The third-order valence-corrected chi connectivity index (χ3v) is 5.54. The molecule has 0 amide bonds. The Bertz CT molecular complexity index is 1200. The number of hydrogen-bond donors (Lipinski definition) is 2. The summed E-state index contributed by atoms with van der Waals surface area (Å²) in [6.07, 6.45) is 6.39. The van der Waals surface area contributed by atoms with Crippen molar-refractivity contribution in [3.63, 3.8) is 0 Å². The number of benzene rings is 1. The first-order valence-corrected chi connectivity index (χ1v) is 11.6. The molecule has 1 atom stereocenters. The van der Waals surface area contributed by atoms with E-state index in [2.05, 4.69) is 31.6 Å². The van der Waals surface area contributed by atoms with Gasteiger partial charge in [-0.1, -0.05) is 12.1 Å². The lowest BCUT2D eigenvalue weighted by Gasteiger charge is -2.16. The summed E-state index contributed by atoms with van der Waals surface area (Å²) in [6, 6.07) is 10.0. The molecule has 0 unspecified atom stereocenters. The third kappa shape index (κ3) is 4.91. The van der Waals surface area contributed by atoms with E-state index in [4.69, 9.17) is 10.5 Å². The number of nitrogens with two attached hydrogens (primary N) is 1. The largest absolute Gasteiger partial charge is 0.463 e. The molecule has 4 rings (SSSR count). The number of nitrogen functional groups attached to an aromatic ring is 1. The van der Waals surface area contributed by atoms with Crippen LogP contribution in [-0.2, 0) is 0 Å². The Labute approximate surface area is 189 Å². The molecular formula is C22H24FN7OS. The number of rotatable bonds is 9. The number of aromatic nitrogens is 5. The molecule has 0 spiro atoms. The van der Waals surface area contributed by atoms with Gasteiger partial charge in [-0.3, -0.25) is 0 Å². The van der Waals surface area contributed by atoms with Crippen molar-refractivity contribution in [2.75, 3.05) is 29.7 Å². The summed E-state index contributed by atoms with van der Waals surface area (Å²) in [5, 5.41) is 7.67. The molecule has 0 bridgehead atoms. The van der Waals surface area contributed by atoms with Gasteiger partial charge in [-0.2, -0.15) is 21.7 Å². The van der Waals surface area contributed by atoms with Crippen LogP contribution in [0.3, 0.4) is 0 Å². The van der Waals surface area contributed by atoms with E-state index in [0.717, 1.165) is 17.7 Å². The van der Waals surface area contributed by atoms with Gasteiger partial charge in [0, 0.05) is 24.5 Å². The Morgan fingerprint density at radius 2 is 2.06 bits per heavy atom. The van der Waals surface area contributed by atoms with E-state index >= 15 is 0 Å². The summed E-state index contributed by atoms with van der Waals surface area (Å²) in [5.74, 6) is 1.58. The molecule has 8 nitrogen and oxygen atoms in total. The van der Waals surface area contributed by atoms with E-state index in [1.165, 1.54) is 12.1 Å². The molecule has 166 valence electrons. The van der Waals surface area contributed by atoms with E-state index in [0.29, 0.717) is 35.1 Å². The highest BCUT2D eigenvalue weighted by molar-refractivity contribution is 7.98. The van der Waals surface area contributed by atoms with Crippen molar-refractivity contribution < 1.29 is 9.13 Å². The van der Waals surface area contributed by atoms with E-state index < -0.39 is 0 Å². The molecule has 1 aromatic carbocycles. The van der Waals surface area contributed by atoms with Gasteiger partial charge in [-0.25, -0.2) is 13.9 Å². The molecule has 3 N–H and O–H groups in total. The molecule has 0 aliphatic carbocycles. The van der Waals surface area contributed by atoms with Crippen molar-refractivity contribution in [3.05, 3.63) is 60.2 Å². The first-order valence-electron chi connectivity index (χ1n) is 10.2. The number of hydrogen-bond acceptors (Lipinski definition) is 8. The fourth-order valence-corrected chi connectivity index (χ4v) is 3.67. The molecule has 0 saturated heterocycles. The van der Waals surface area contributed by atoms with E-state index in [1.54, 1.807) is 52.9 Å². The number of fused-ring (bicyclic) bond motifs is 1. The predicted octanol–water partition coefficient (Wildman–Crippen LogP) is 4.21. The van der Waals surface area contributed by atoms with Crippen LogP contribution in [-0.4, -0.2) is 43.2 Å². The molecule has 0 saturated carbocycles. The molecule has 10 heteroatoms. The fourth-order valence-electron chi connectivity index (χ4n) is 3.26. The van der Waals surface area contributed by atoms with Crippen molar-refractivity contribution in [2.24, 2.45) is 0 Å². The second kappa shape index (κ2) is 9.82. The molecule has 0 aliphatic rings. The average molecular weight is 454 g/mol. The predicted molar refractivity (Wildman–Crippen MR) is 125 cm³/mol. The molecule has 0 aliphatic heterocycles. The van der Waals surface area contributed by atoms with Crippen molar-refractivity contribution >= 4 is 29.0 Å². The molecular weight excluding hydrogens is 429 g/mol. The van der Waals surface area contributed by atoms with Crippen LogP contribution in [0.1, 0.15) is 24.9 Å². The van der Waals surface area contributed by atoms with Crippen molar-refractivity contribution in [1.82, 2.24) is 24.6 Å². The van der Waals surface area contributed by atoms with Crippen LogP contribution in [0, 0.1) is 5.82 Å². The second-order valence-electron chi connectivity index (χ2n) is 7.18. The highest BCUT2D eigenvalue weighted by atomic mass is 32.2. The van der Waals surface area contributed by atoms with E-state index in [1.807, 2.05) is 6.92 Å². The summed E-state index contributed by atoms with van der Waals surface area (Å²) in [4.78, 5) is 13.5. The van der Waals surface area contributed by atoms with Crippen LogP contribution < -0.4 is 15.8 Å². The van der Waals surface area contributed by atoms with Crippen LogP contribution in [0.5, 0.6) is 6.01 Å². The summed E-state index contributed by atoms with van der Waals surface area (Å²) in [6.45, 7) is 2.47. The molecule has 3 heterocycles. The van der Waals surface area contributed by atoms with Crippen molar-refractivity contribution in [2.45, 2.75) is 19.4 Å². The monoisotopic (exact) mass is 453 g/mol. The summed E-state index contributed by atoms with van der Waals surface area (Å²) in [5.41, 5.74) is 8.88. The zero-order valence-electron chi connectivity index (χ0n) is 17.8. The zero-order valence-corrected chi connectivity index (χ0v) is 18.6. The maximum Gasteiger partial charge on any atom is 0.318 e. The topological polar surface area (TPSA) is 103 Å². The number of anilines is 2. The quantitative estimate of drug-likeness (QED) is 0.363. The van der Waals surface area contributed by atoms with Crippen LogP contribution in [0.15, 0.2) is 48.8 Å². The number of halogens is 1. The van der Waals surface area contributed by atoms with Gasteiger partial charge in [-0.15, -0.1) is 5.10 Å². The molecule has 0 fully saturated rings. The van der Waals surface area contributed by atoms with E-state index in [9.17, 15) is 4.39 Å². The Balaban J connectivity index is 1.69. The minimum Gasteiger partial charge on any atom is -0.463 e. The minimum absolute atomic E-state index is 0.123. The summed E-state index contributed by atoms with van der Waals surface area (Å²) in [7, 11) is 0. The van der Waals surface area contributed by atoms with Gasteiger partial charge in [0.1, 0.15) is 11.6 Å². The van der Waals surface area contributed by atoms with Gasteiger partial charge in [-0.05, 0) is 49.1 Å². The summed E-state index contributed by atoms with van der Waals surface area (Å²) < 4.78 is 20.7. The zero-order chi connectivity index (χ0) is 22.5.